The lowest BCUT2D eigenvalue weighted by Gasteiger charge is -2.21. The monoisotopic (exact) mass is 493 g/mol. The van der Waals surface area contributed by atoms with Crippen molar-refractivity contribution < 1.29 is 9.59 Å². The van der Waals surface area contributed by atoms with Crippen LogP contribution in [-0.2, 0) is 6.54 Å². The highest BCUT2D eigenvalue weighted by Gasteiger charge is 2.24. The van der Waals surface area contributed by atoms with Gasteiger partial charge in [0.25, 0.3) is 11.8 Å². The zero-order chi connectivity index (χ0) is 24.4. The molecule has 3 aromatic rings. The molecule has 0 aliphatic heterocycles. The van der Waals surface area contributed by atoms with Crippen LogP contribution in [0.2, 0.25) is 10.0 Å². The van der Waals surface area contributed by atoms with Gasteiger partial charge in [-0.1, -0.05) is 48.0 Å². The summed E-state index contributed by atoms with van der Waals surface area (Å²) in [6.07, 6.45) is 3.49. The third-order valence-corrected chi connectivity index (χ3v) is 6.58. The molecule has 1 fully saturated rings. The highest BCUT2D eigenvalue weighted by molar-refractivity contribution is 6.36. The van der Waals surface area contributed by atoms with Crippen molar-refractivity contribution in [1.82, 2.24) is 10.2 Å². The largest absolute Gasteiger partial charge is 0.398 e. The second kappa shape index (κ2) is 9.92. The Hall–Kier alpha value is -3.28. The molecule has 0 radical (unpaired) electrons. The van der Waals surface area contributed by atoms with Crippen molar-refractivity contribution in [3.63, 3.8) is 0 Å². The number of aryl methyl sites for hydroxylation is 1. The van der Waals surface area contributed by atoms with Gasteiger partial charge >= 0.3 is 0 Å². The van der Waals surface area contributed by atoms with E-state index in [0.29, 0.717) is 32.4 Å². The Bertz CT molecular complexity index is 1260. The Morgan fingerprint density at radius 2 is 1.82 bits per heavy atom. The Labute approximate surface area is 209 Å². The van der Waals surface area contributed by atoms with Gasteiger partial charge < -0.3 is 16.0 Å². The van der Waals surface area contributed by atoms with E-state index >= 15 is 0 Å². The summed E-state index contributed by atoms with van der Waals surface area (Å²) in [7, 11) is 0. The summed E-state index contributed by atoms with van der Waals surface area (Å²) in [5.41, 5.74) is 10.9. The summed E-state index contributed by atoms with van der Waals surface area (Å²) in [5, 5.41) is 3.95. The summed E-state index contributed by atoms with van der Waals surface area (Å²) >= 11 is 12.5. The van der Waals surface area contributed by atoms with Crippen LogP contribution in [0.5, 0.6) is 0 Å². The molecule has 3 aromatic carbocycles. The van der Waals surface area contributed by atoms with Gasteiger partial charge in [0.05, 0.1) is 12.1 Å². The summed E-state index contributed by atoms with van der Waals surface area (Å²) in [4.78, 5) is 27.1. The van der Waals surface area contributed by atoms with Crippen molar-refractivity contribution >= 4 is 40.7 Å². The number of carbonyl (C=O) groups excluding carboxylic acids is 2. The van der Waals surface area contributed by atoms with Gasteiger partial charge in [-0.2, -0.15) is 0 Å². The van der Waals surface area contributed by atoms with E-state index in [1.54, 1.807) is 30.3 Å². The molecular weight excluding hydrogens is 469 g/mol. The maximum Gasteiger partial charge on any atom is 0.260 e. The molecule has 0 atom stereocenters. The first-order valence-corrected chi connectivity index (χ1v) is 11.7. The van der Waals surface area contributed by atoms with E-state index in [-0.39, 0.29) is 24.4 Å². The minimum Gasteiger partial charge on any atom is -0.398 e. The van der Waals surface area contributed by atoms with Crippen LogP contribution in [0, 0.1) is 6.92 Å². The predicted molar refractivity (Wildman–Crippen MR) is 138 cm³/mol. The molecule has 0 spiro atoms. The number of carbonyl (C=O) groups is 2. The molecular formula is C27H25Cl2N3O2. The Balaban J connectivity index is 1.60. The van der Waals surface area contributed by atoms with Crippen molar-refractivity contribution in [1.29, 1.82) is 0 Å². The average molecular weight is 494 g/mol. The minimum absolute atomic E-state index is 0.0802. The molecule has 1 saturated carbocycles. The number of nitrogens with two attached hydrogens (primary N) is 1. The maximum atomic E-state index is 13.2. The standard InChI is InChI=1S/C27H25Cl2N3O2/c1-3-32(15-22-23(28)5-4-6-24(22)29)27(34)20-12-9-17(14-25(20)30)21-13-18(8-7-16(21)2)26(33)31-19-10-11-19/h3-9,12-14,19H,1,10-11,15,30H2,2H3,(H,31,33). The lowest BCUT2D eigenvalue weighted by Crippen LogP contribution is -2.26. The smallest absolute Gasteiger partial charge is 0.260 e. The maximum absolute atomic E-state index is 13.2. The first-order chi connectivity index (χ1) is 16.3. The molecule has 4 rings (SSSR count). The third-order valence-electron chi connectivity index (χ3n) is 5.88. The van der Waals surface area contributed by atoms with E-state index in [1.807, 2.05) is 31.2 Å². The van der Waals surface area contributed by atoms with Crippen LogP contribution in [0.25, 0.3) is 11.1 Å². The van der Waals surface area contributed by atoms with Crippen LogP contribution in [-0.4, -0.2) is 22.8 Å². The number of nitrogen functional groups attached to an aromatic ring is 1. The highest BCUT2D eigenvalue weighted by Crippen LogP contribution is 2.30. The molecule has 0 saturated heterocycles. The molecule has 1 aliphatic rings. The van der Waals surface area contributed by atoms with Crippen LogP contribution >= 0.6 is 23.2 Å². The molecule has 3 N–H and O–H groups in total. The van der Waals surface area contributed by atoms with E-state index in [9.17, 15) is 9.59 Å². The van der Waals surface area contributed by atoms with Gasteiger partial charge in [0.1, 0.15) is 0 Å². The molecule has 0 unspecified atom stereocenters. The van der Waals surface area contributed by atoms with Crippen molar-refractivity contribution in [3.05, 3.63) is 99.7 Å². The normalized spacial score (nSPS) is 12.8. The van der Waals surface area contributed by atoms with Crippen LogP contribution in [0.1, 0.15) is 44.7 Å². The number of nitrogens with one attached hydrogen (secondary N) is 1. The van der Waals surface area contributed by atoms with E-state index in [0.717, 1.165) is 29.5 Å². The molecule has 5 nitrogen and oxygen atoms in total. The first kappa shape index (κ1) is 23.9. The van der Waals surface area contributed by atoms with Gasteiger partial charge in [-0.25, -0.2) is 0 Å². The predicted octanol–water partition coefficient (Wildman–Crippen LogP) is 6.23. The number of nitrogens with zero attached hydrogens (tertiary/aromatic N) is 1. The third kappa shape index (κ3) is 5.11. The van der Waals surface area contributed by atoms with Gasteiger partial charge in [-0.05, 0) is 72.9 Å². The fraction of sp³-hybridized carbons (Fsp3) is 0.185. The molecule has 0 aromatic heterocycles. The summed E-state index contributed by atoms with van der Waals surface area (Å²) in [6, 6.07) is 16.3. The Kier molecular flexibility index (Phi) is 6.96. The van der Waals surface area contributed by atoms with E-state index in [1.165, 1.54) is 11.1 Å². The molecule has 174 valence electrons. The van der Waals surface area contributed by atoms with Crippen molar-refractivity contribution in [2.75, 3.05) is 5.73 Å². The lowest BCUT2D eigenvalue weighted by atomic mass is 9.96. The van der Waals surface area contributed by atoms with Gasteiger partial charge in [0, 0.05) is 39.1 Å². The van der Waals surface area contributed by atoms with Crippen LogP contribution in [0.15, 0.2) is 67.4 Å². The van der Waals surface area contributed by atoms with Gasteiger partial charge in [-0.15, -0.1) is 0 Å². The summed E-state index contributed by atoms with van der Waals surface area (Å²) < 4.78 is 0. The molecule has 2 amide bonds. The van der Waals surface area contributed by atoms with E-state index in [4.69, 9.17) is 28.9 Å². The topological polar surface area (TPSA) is 75.4 Å². The van der Waals surface area contributed by atoms with Gasteiger partial charge in [0.2, 0.25) is 0 Å². The second-order valence-electron chi connectivity index (χ2n) is 8.40. The Morgan fingerprint density at radius 1 is 1.12 bits per heavy atom. The van der Waals surface area contributed by atoms with Gasteiger partial charge in [0.15, 0.2) is 0 Å². The van der Waals surface area contributed by atoms with Crippen LogP contribution in [0.4, 0.5) is 5.69 Å². The van der Waals surface area contributed by atoms with Crippen molar-refractivity contribution in [2.45, 2.75) is 32.4 Å². The zero-order valence-corrected chi connectivity index (χ0v) is 20.3. The second-order valence-corrected chi connectivity index (χ2v) is 9.21. The van der Waals surface area contributed by atoms with Crippen LogP contribution < -0.4 is 11.1 Å². The molecule has 1 aliphatic carbocycles. The number of hydrogen-bond acceptors (Lipinski definition) is 3. The molecule has 7 heteroatoms. The fourth-order valence-electron chi connectivity index (χ4n) is 3.72. The van der Waals surface area contributed by atoms with Crippen LogP contribution in [0.3, 0.4) is 0 Å². The number of anilines is 1. The highest BCUT2D eigenvalue weighted by atomic mass is 35.5. The first-order valence-electron chi connectivity index (χ1n) is 11.0. The average Bonchev–Trinajstić information content (AvgIpc) is 3.63. The van der Waals surface area contributed by atoms with E-state index in [2.05, 4.69) is 11.9 Å². The zero-order valence-electron chi connectivity index (χ0n) is 18.8. The summed E-state index contributed by atoms with van der Waals surface area (Å²) in [6.45, 7) is 5.90. The SMILES string of the molecule is C=CN(Cc1c(Cl)cccc1Cl)C(=O)c1ccc(-c2cc(C(=O)NC3CC3)ccc2C)cc1N. The lowest BCUT2D eigenvalue weighted by molar-refractivity contribution is 0.0815. The minimum atomic E-state index is -0.315. The Morgan fingerprint density at radius 3 is 2.44 bits per heavy atom. The molecule has 34 heavy (non-hydrogen) atoms. The van der Waals surface area contributed by atoms with Gasteiger partial charge in [-0.3, -0.25) is 9.59 Å². The molecule has 0 heterocycles. The van der Waals surface area contributed by atoms with Crippen molar-refractivity contribution in [3.8, 4) is 11.1 Å². The number of rotatable bonds is 7. The van der Waals surface area contributed by atoms with E-state index < -0.39 is 0 Å². The number of halogens is 2. The fourth-order valence-corrected chi connectivity index (χ4v) is 4.24. The quantitative estimate of drug-likeness (QED) is 0.383. The number of amides is 2. The number of benzene rings is 3. The number of hydrogen-bond donors (Lipinski definition) is 2. The molecule has 0 bridgehead atoms. The summed E-state index contributed by atoms with van der Waals surface area (Å²) in [5.74, 6) is -0.396. The van der Waals surface area contributed by atoms with Crippen molar-refractivity contribution in [2.24, 2.45) is 0 Å².